The van der Waals surface area contributed by atoms with Gasteiger partial charge in [-0.05, 0) is 60.5 Å². The van der Waals surface area contributed by atoms with Gasteiger partial charge in [0.2, 0.25) is 0 Å². The van der Waals surface area contributed by atoms with Crippen molar-refractivity contribution in [3.63, 3.8) is 0 Å². The largest absolute Gasteiger partial charge is 0.490 e. The Bertz CT molecular complexity index is 1360. The maximum atomic E-state index is 13.4. The lowest BCUT2D eigenvalue weighted by atomic mass is 10.1. The van der Waals surface area contributed by atoms with Crippen LogP contribution in [0.15, 0.2) is 43.1 Å². The van der Waals surface area contributed by atoms with E-state index in [1.54, 1.807) is 25.1 Å². The number of aliphatic carboxylic acids is 1. The number of nitrogens with zero attached hydrogens (tertiary/aromatic N) is 3. The molecule has 1 aromatic heterocycles. The minimum absolute atomic E-state index is 0.0211. The number of ether oxygens (including phenoxy) is 2. The number of rotatable bonds is 9. The maximum absolute atomic E-state index is 13.4. The lowest BCUT2D eigenvalue weighted by Crippen LogP contribution is -2.24. The molecule has 2 aromatic carbocycles. The number of carboxylic acid groups (broad SMARTS) is 1. The molecule has 3 aromatic rings. The molecule has 1 heterocycles. The van der Waals surface area contributed by atoms with E-state index in [1.807, 2.05) is 19.9 Å². The Kier molecular flexibility index (Phi) is 8.95. The summed E-state index contributed by atoms with van der Waals surface area (Å²) in [5, 5.41) is 14.2. The Morgan fingerprint density at radius 2 is 2.00 bits per heavy atom. The van der Waals surface area contributed by atoms with Crippen LogP contribution in [0.5, 0.6) is 11.5 Å². The van der Waals surface area contributed by atoms with Crippen LogP contribution in [0, 0.1) is 0 Å². The van der Waals surface area contributed by atoms with Crippen LogP contribution in [-0.4, -0.2) is 39.7 Å². The highest BCUT2D eigenvalue weighted by atomic mass is 79.9. The van der Waals surface area contributed by atoms with Crippen LogP contribution in [0.25, 0.3) is 10.9 Å². The zero-order chi connectivity index (χ0) is 25.9. The molecule has 0 fully saturated rings. The standard InChI is InChI=1S/C24H24Br2ClN3O5/c1-5-12(3)22-29-17-8-7-15(25)10-16(17)23(31)30(22)28-11-14-9-18(34-6-2)21(20(27)19(14)26)35-13(4)24(32)33/h7-13H,5-6H2,1-4H3,(H,32,33)/t12-,13-/m1/s1. The SMILES string of the molecule is CCOc1cc(C=Nn2c([C@H](C)CC)nc3ccc(Br)cc3c2=O)c(Br)c(Cl)c1O[C@H](C)C(=O)O. The minimum atomic E-state index is -1.14. The van der Waals surface area contributed by atoms with E-state index in [4.69, 9.17) is 26.1 Å². The fourth-order valence-corrected chi connectivity index (χ4v) is 4.20. The van der Waals surface area contributed by atoms with Crippen molar-refractivity contribution in [3.8, 4) is 11.5 Å². The predicted molar refractivity (Wildman–Crippen MR) is 143 cm³/mol. The van der Waals surface area contributed by atoms with Gasteiger partial charge in [-0.15, -0.1) is 0 Å². The van der Waals surface area contributed by atoms with Crippen molar-refractivity contribution < 1.29 is 19.4 Å². The van der Waals surface area contributed by atoms with Crippen molar-refractivity contribution in [1.29, 1.82) is 0 Å². The minimum Gasteiger partial charge on any atom is -0.490 e. The van der Waals surface area contributed by atoms with Gasteiger partial charge in [-0.25, -0.2) is 9.78 Å². The molecule has 35 heavy (non-hydrogen) atoms. The van der Waals surface area contributed by atoms with Crippen LogP contribution >= 0.6 is 43.5 Å². The van der Waals surface area contributed by atoms with E-state index >= 15 is 0 Å². The van der Waals surface area contributed by atoms with E-state index in [9.17, 15) is 14.7 Å². The molecule has 0 aliphatic carbocycles. The molecule has 0 unspecified atom stereocenters. The number of aromatic nitrogens is 2. The fourth-order valence-electron chi connectivity index (χ4n) is 3.20. The number of hydrogen-bond acceptors (Lipinski definition) is 6. The third kappa shape index (κ3) is 5.87. The summed E-state index contributed by atoms with van der Waals surface area (Å²) in [4.78, 5) is 29.3. The summed E-state index contributed by atoms with van der Waals surface area (Å²) in [6, 6.07) is 6.97. The van der Waals surface area contributed by atoms with Gasteiger partial charge in [-0.2, -0.15) is 9.78 Å². The van der Waals surface area contributed by atoms with Crippen LogP contribution in [0.3, 0.4) is 0 Å². The first-order valence-electron chi connectivity index (χ1n) is 10.9. The molecule has 0 radical (unpaired) electrons. The molecule has 0 aliphatic rings. The molecule has 0 saturated carbocycles. The van der Waals surface area contributed by atoms with Crippen molar-refractivity contribution in [1.82, 2.24) is 9.66 Å². The zero-order valence-corrected chi connectivity index (χ0v) is 23.4. The highest BCUT2D eigenvalue weighted by molar-refractivity contribution is 9.10. The number of halogens is 3. The third-order valence-corrected chi connectivity index (χ3v) is 7.23. The van der Waals surface area contributed by atoms with E-state index < -0.39 is 12.1 Å². The second-order valence-corrected chi connectivity index (χ2v) is 9.84. The molecule has 0 spiro atoms. The first-order chi connectivity index (χ1) is 16.6. The van der Waals surface area contributed by atoms with E-state index in [0.29, 0.717) is 33.4 Å². The molecule has 0 bridgehead atoms. The topological polar surface area (TPSA) is 103 Å². The number of carboxylic acids is 1. The third-order valence-electron chi connectivity index (χ3n) is 5.30. The summed E-state index contributed by atoms with van der Waals surface area (Å²) in [6.07, 6.45) is 1.10. The summed E-state index contributed by atoms with van der Waals surface area (Å²) in [5.74, 6) is -0.275. The van der Waals surface area contributed by atoms with Gasteiger partial charge in [-0.1, -0.05) is 41.4 Å². The molecule has 1 N–H and O–H groups in total. The Labute approximate surface area is 224 Å². The second-order valence-electron chi connectivity index (χ2n) is 7.75. The molecular formula is C24H24Br2ClN3O5. The maximum Gasteiger partial charge on any atom is 0.344 e. The average molecular weight is 630 g/mol. The van der Waals surface area contributed by atoms with Crippen LogP contribution in [0.4, 0.5) is 0 Å². The first-order valence-corrected chi connectivity index (χ1v) is 12.9. The molecule has 0 amide bonds. The fraction of sp³-hybridized carbons (Fsp3) is 0.333. The average Bonchev–Trinajstić information content (AvgIpc) is 2.83. The van der Waals surface area contributed by atoms with Gasteiger partial charge in [0, 0.05) is 20.4 Å². The molecule has 3 rings (SSSR count). The van der Waals surface area contributed by atoms with Gasteiger partial charge >= 0.3 is 5.97 Å². The van der Waals surface area contributed by atoms with Gasteiger partial charge in [0.05, 0.1) is 23.7 Å². The van der Waals surface area contributed by atoms with Crippen LogP contribution in [0.2, 0.25) is 5.02 Å². The van der Waals surface area contributed by atoms with Crippen molar-refractivity contribution in [2.75, 3.05) is 6.61 Å². The molecular weight excluding hydrogens is 606 g/mol. The van der Waals surface area contributed by atoms with Gasteiger partial charge in [0.1, 0.15) is 10.8 Å². The van der Waals surface area contributed by atoms with Crippen molar-refractivity contribution >= 4 is 66.5 Å². The van der Waals surface area contributed by atoms with Crippen molar-refractivity contribution in [2.24, 2.45) is 5.10 Å². The molecule has 186 valence electrons. The highest BCUT2D eigenvalue weighted by Crippen LogP contribution is 2.42. The van der Waals surface area contributed by atoms with Gasteiger partial charge < -0.3 is 14.6 Å². The lowest BCUT2D eigenvalue weighted by Gasteiger charge is -2.18. The number of hydrogen-bond donors (Lipinski definition) is 1. The first kappa shape index (κ1) is 27.2. The Hall–Kier alpha value is -2.43. The summed E-state index contributed by atoms with van der Waals surface area (Å²) >= 11 is 13.3. The molecule has 0 aliphatic heterocycles. The van der Waals surface area contributed by atoms with E-state index in [0.717, 1.165) is 10.9 Å². The summed E-state index contributed by atoms with van der Waals surface area (Å²) < 4.78 is 13.6. The van der Waals surface area contributed by atoms with Gasteiger partial charge in [0.15, 0.2) is 17.6 Å². The lowest BCUT2D eigenvalue weighted by molar-refractivity contribution is -0.144. The smallest absolute Gasteiger partial charge is 0.344 e. The molecule has 8 nitrogen and oxygen atoms in total. The van der Waals surface area contributed by atoms with E-state index in [-0.39, 0.29) is 28.0 Å². The highest BCUT2D eigenvalue weighted by Gasteiger charge is 2.22. The van der Waals surface area contributed by atoms with Crippen molar-refractivity contribution in [2.45, 2.75) is 46.1 Å². The predicted octanol–water partition coefficient (Wildman–Crippen LogP) is 6.22. The Morgan fingerprint density at radius 1 is 1.29 bits per heavy atom. The number of fused-ring (bicyclic) bond motifs is 1. The summed E-state index contributed by atoms with van der Waals surface area (Å²) in [6.45, 7) is 7.47. The summed E-state index contributed by atoms with van der Waals surface area (Å²) in [5.41, 5.74) is 0.798. The zero-order valence-electron chi connectivity index (χ0n) is 19.5. The van der Waals surface area contributed by atoms with Crippen molar-refractivity contribution in [3.05, 3.63) is 60.0 Å². The van der Waals surface area contributed by atoms with Crippen LogP contribution < -0.4 is 15.0 Å². The van der Waals surface area contributed by atoms with Gasteiger partial charge in [0.25, 0.3) is 5.56 Å². The quantitative estimate of drug-likeness (QED) is 0.282. The van der Waals surface area contributed by atoms with E-state index in [2.05, 4.69) is 37.0 Å². The second kappa shape index (κ2) is 11.5. The molecule has 11 heteroatoms. The Balaban J connectivity index is 2.17. The van der Waals surface area contributed by atoms with Crippen LogP contribution in [-0.2, 0) is 4.79 Å². The Morgan fingerprint density at radius 3 is 2.63 bits per heavy atom. The van der Waals surface area contributed by atoms with Gasteiger partial charge in [-0.3, -0.25) is 4.79 Å². The number of benzene rings is 2. The van der Waals surface area contributed by atoms with E-state index in [1.165, 1.54) is 17.8 Å². The summed E-state index contributed by atoms with van der Waals surface area (Å²) in [7, 11) is 0. The molecule has 0 saturated heterocycles. The normalized spacial score (nSPS) is 13.2. The monoisotopic (exact) mass is 627 g/mol. The van der Waals surface area contributed by atoms with Crippen LogP contribution in [0.1, 0.15) is 51.4 Å². The number of carbonyl (C=O) groups is 1. The molecule has 2 atom stereocenters.